The summed E-state index contributed by atoms with van der Waals surface area (Å²) in [4.78, 5) is 0. The number of hydrogen-bond acceptors (Lipinski definition) is 1. The van der Waals surface area contributed by atoms with Crippen molar-refractivity contribution in [2.45, 2.75) is 0 Å². The Kier molecular flexibility index (Phi) is 4.45. The largest absolute Gasteiger partial charge is 0.455 e. The van der Waals surface area contributed by atoms with E-state index in [9.17, 15) is 5.48 Å². The number of benzene rings is 9. The minimum absolute atomic E-state index is 0.0735. The monoisotopic (exact) mass is 661 g/mol. The second-order valence-corrected chi connectivity index (χ2v) is 12.2. The van der Waals surface area contributed by atoms with Crippen LogP contribution in [0.5, 0.6) is 0 Å². The smallest absolute Gasteiger partial charge is 0.143 e. The Labute approximate surface area is 315 Å². The molecule has 0 radical (unpaired) electrons. The zero-order valence-electron chi connectivity index (χ0n) is 39.9. The summed E-state index contributed by atoms with van der Waals surface area (Å²) in [7, 11) is 0. The highest BCUT2D eigenvalue weighted by Crippen LogP contribution is 2.47. The number of rotatable bonds is 5. The maximum atomic E-state index is 9.41. The first-order valence-electron chi connectivity index (χ1n) is 23.0. The van der Waals surface area contributed by atoms with Gasteiger partial charge in [0.05, 0.1) is 17.8 Å². The van der Waals surface area contributed by atoms with Gasteiger partial charge in [-0.05, 0) is 83.4 Å². The first-order chi connectivity index (χ1) is 30.7. The average Bonchev–Trinajstić information content (AvgIpc) is 3.71. The second-order valence-electron chi connectivity index (χ2n) is 12.2. The van der Waals surface area contributed by atoms with Crippen LogP contribution in [0.25, 0.3) is 99.1 Å². The summed E-state index contributed by atoms with van der Waals surface area (Å²) >= 11 is 0. The molecule has 51 heavy (non-hydrogen) atoms. The van der Waals surface area contributed by atoms with Crippen molar-refractivity contribution in [2.75, 3.05) is 0 Å². The fraction of sp³-hybridized carbons (Fsp3) is 0. The summed E-state index contributed by atoms with van der Waals surface area (Å²) in [6.07, 6.45) is 0. The van der Waals surface area contributed by atoms with Crippen molar-refractivity contribution in [3.05, 3.63) is 194 Å². The molecule has 0 aliphatic rings. The van der Waals surface area contributed by atoms with E-state index in [4.69, 9.17) is 16.8 Å². The highest BCUT2D eigenvalue weighted by molar-refractivity contribution is 6.24. The molecule has 0 amide bonds. The predicted octanol–water partition coefficient (Wildman–Crippen LogP) is 14.2. The van der Waals surface area contributed by atoms with Crippen molar-refractivity contribution in [3.8, 4) is 55.8 Å². The Hall–Kier alpha value is -6.70. The summed E-state index contributed by atoms with van der Waals surface area (Å²) in [5.41, 5.74) is 4.79. The van der Waals surface area contributed by atoms with Gasteiger partial charge in [0.15, 0.2) is 0 Å². The minimum atomic E-state index is -0.718. The van der Waals surface area contributed by atoms with E-state index in [1.54, 1.807) is 12.1 Å². The van der Waals surface area contributed by atoms with Crippen molar-refractivity contribution in [1.29, 1.82) is 0 Å². The fourth-order valence-electron chi connectivity index (χ4n) is 7.24. The molecule has 1 heterocycles. The van der Waals surface area contributed by atoms with Crippen LogP contribution in [0.3, 0.4) is 0 Å². The van der Waals surface area contributed by atoms with Gasteiger partial charge in [0.1, 0.15) is 11.3 Å². The standard InChI is InChI=1S/C50H32O/c1-4-16-33(17-5-1)47-40-24-12-14-26-42(40)49(43-27-15-13-25-41(43)47)44-31-30-37(38-22-10-11-23-39(38)44)36-28-29-45-46(32-36)51-50(35-20-8-3-9-21-35)48(45)34-18-6-2-7-19-34/h1-32H/i1D,4D,5D,12D,13D,14D,15D,16D,17D,24D,25D,26D,27D. The van der Waals surface area contributed by atoms with Gasteiger partial charge in [-0.1, -0.05) is 182 Å². The van der Waals surface area contributed by atoms with Crippen LogP contribution in [0.15, 0.2) is 198 Å². The zero-order valence-corrected chi connectivity index (χ0v) is 26.9. The third-order valence-electron chi connectivity index (χ3n) is 9.42. The average molecular weight is 662 g/mol. The lowest BCUT2D eigenvalue weighted by molar-refractivity contribution is 0.632. The SMILES string of the molecule is [2H]c1c([2H])c([2H])c(-c2c3c([2H])c([2H])c([2H])c([2H])c3c(-c3ccc(-c4ccc5c(-c6ccccc6)c(-c6ccccc6)oc5c4)c4ccccc34)c3c([2H])c([2H])c([2H])c([2H])c23)c([2H])c1[2H]. The van der Waals surface area contributed by atoms with Gasteiger partial charge in [0.25, 0.3) is 0 Å². The first kappa shape index (κ1) is 18.9. The maximum absolute atomic E-state index is 9.41. The molecule has 0 N–H and O–H groups in total. The van der Waals surface area contributed by atoms with Crippen LogP contribution in [-0.4, -0.2) is 0 Å². The van der Waals surface area contributed by atoms with Crippen molar-refractivity contribution < 1.29 is 22.2 Å². The Bertz CT molecular complexity index is 3530. The van der Waals surface area contributed by atoms with Crippen LogP contribution >= 0.6 is 0 Å². The molecule has 10 aromatic rings. The van der Waals surface area contributed by atoms with Crippen molar-refractivity contribution in [3.63, 3.8) is 0 Å². The summed E-state index contributed by atoms with van der Waals surface area (Å²) in [5, 5.41) is 1.44. The van der Waals surface area contributed by atoms with E-state index in [1.807, 2.05) is 103 Å². The number of furan rings is 1. The molecular formula is C50H32O. The van der Waals surface area contributed by atoms with Crippen molar-refractivity contribution >= 4 is 43.3 Å². The van der Waals surface area contributed by atoms with E-state index in [0.29, 0.717) is 16.5 Å². The number of fused-ring (bicyclic) bond motifs is 4. The lowest BCUT2D eigenvalue weighted by Crippen LogP contribution is -1.92. The summed E-state index contributed by atoms with van der Waals surface area (Å²) in [6.45, 7) is 0. The van der Waals surface area contributed by atoms with Gasteiger partial charge in [-0.15, -0.1) is 0 Å². The van der Waals surface area contributed by atoms with Gasteiger partial charge < -0.3 is 4.42 Å². The summed E-state index contributed by atoms with van der Waals surface area (Å²) in [6, 6.07) is 28.5. The van der Waals surface area contributed by atoms with E-state index < -0.39 is 84.1 Å². The molecule has 9 aromatic carbocycles. The maximum Gasteiger partial charge on any atom is 0.143 e. The fourth-order valence-corrected chi connectivity index (χ4v) is 7.24. The first-order valence-corrected chi connectivity index (χ1v) is 16.5. The van der Waals surface area contributed by atoms with Crippen LogP contribution < -0.4 is 0 Å². The Morgan fingerprint density at radius 2 is 0.863 bits per heavy atom. The molecular weight excluding hydrogens is 617 g/mol. The molecule has 0 atom stereocenters. The van der Waals surface area contributed by atoms with E-state index in [-0.39, 0.29) is 32.7 Å². The van der Waals surface area contributed by atoms with Crippen molar-refractivity contribution in [2.24, 2.45) is 0 Å². The molecule has 1 heteroatoms. The lowest BCUT2D eigenvalue weighted by Gasteiger charge is -2.19. The molecule has 1 aromatic heterocycles. The Balaban J connectivity index is 1.32. The molecule has 0 fully saturated rings. The molecule has 0 saturated carbocycles. The third-order valence-corrected chi connectivity index (χ3v) is 9.42. The van der Waals surface area contributed by atoms with Crippen LogP contribution in [0.1, 0.15) is 17.8 Å². The molecule has 238 valence electrons. The highest BCUT2D eigenvalue weighted by atomic mass is 16.3. The van der Waals surface area contributed by atoms with E-state index in [2.05, 4.69) is 0 Å². The molecule has 10 rings (SSSR count). The number of hydrogen-bond donors (Lipinski definition) is 0. The topological polar surface area (TPSA) is 13.1 Å². The second kappa shape index (κ2) is 12.0. The predicted molar refractivity (Wildman–Crippen MR) is 216 cm³/mol. The van der Waals surface area contributed by atoms with Gasteiger partial charge in [0, 0.05) is 16.5 Å². The zero-order chi connectivity index (χ0) is 45.0. The van der Waals surface area contributed by atoms with Crippen LogP contribution in [0, 0.1) is 0 Å². The molecule has 1 nitrogen and oxygen atoms in total. The summed E-state index contributed by atoms with van der Waals surface area (Å²) in [5.74, 6) is 0.721. The van der Waals surface area contributed by atoms with Gasteiger partial charge in [0.2, 0.25) is 0 Å². The third kappa shape index (κ3) is 4.78. The Morgan fingerprint density at radius 1 is 0.333 bits per heavy atom. The van der Waals surface area contributed by atoms with Crippen LogP contribution in [0.2, 0.25) is 0 Å². The van der Waals surface area contributed by atoms with E-state index >= 15 is 0 Å². The summed E-state index contributed by atoms with van der Waals surface area (Å²) < 4.78 is 123. The molecule has 0 bridgehead atoms. The molecule has 0 saturated heterocycles. The van der Waals surface area contributed by atoms with Gasteiger partial charge in [-0.25, -0.2) is 0 Å². The lowest BCUT2D eigenvalue weighted by atomic mass is 9.84. The van der Waals surface area contributed by atoms with E-state index in [1.165, 1.54) is 0 Å². The van der Waals surface area contributed by atoms with Crippen LogP contribution in [0.4, 0.5) is 0 Å². The molecule has 0 aliphatic heterocycles. The van der Waals surface area contributed by atoms with Gasteiger partial charge in [-0.3, -0.25) is 0 Å². The van der Waals surface area contributed by atoms with Gasteiger partial charge in [-0.2, -0.15) is 0 Å². The molecule has 0 spiro atoms. The van der Waals surface area contributed by atoms with Gasteiger partial charge >= 0.3 is 0 Å². The quantitative estimate of drug-likeness (QED) is 0.167. The normalized spacial score (nSPS) is 15.1. The van der Waals surface area contributed by atoms with Crippen LogP contribution in [-0.2, 0) is 0 Å². The highest BCUT2D eigenvalue weighted by Gasteiger charge is 2.21. The minimum Gasteiger partial charge on any atom is -0.455 e. The van der Waals surface area contributed by atoms with Crippen molar-refractivity contribution in [1.82, 2.24) is 0 Å². The molecule has 0 aliphatic carbocycles. The molecule has 0 unspecified atom stereocenters. The Morgan fingerprint density at radius 3 is 1.51 bits per heavy atom. The van der Waals surface area contributed by atoms with E-state index in [0.717, 1.165) is 44.3 Å².